The summed E-state index contributed by atoms with van der Waals surface area (Å²) >= 11 is 5.93. The quantitative estimate of drug-likeness (QED) is 0.859. The molecule has 90 valence electrons. The predicted octanol–water partition coefficient (Wildman–Crippen LogP) is 3.52. The summed E-state index contributed by atoms with van der Waals surface area (Å²) in [6, 6.07) is 11.8. The van der Waals surface area contributed by atoms with E-state index >= 15 is 0 Å². The number of carboxylic acids is 1. The number of carbonyl (C=O) groups is 2. The van der Waals surface area contributed by atoms with Gasteiger partial charge in [-0.2, -0.15) is 0 Å². The van der Waals surface area contributed by atoms with E-state index in [0.29, 0.717) is 11.8 Å². The normalized spacial score (nSPS) is 10.1. The first-order valence-electron chi connectivity index (χ1n) is 5.21. The van der Waals surface area contributed by atoms with Crippen molar-refractivity contribution in [2.24, 2.45) is 0 Å². The average Bonchev–Trinajstić information content (AvgIpc) is 2.39. The Kier molecular flexibility index (Phi) is 3.44. The summed E-state index contributed by atoms with van der Waals surface area (Å²) in [4.78, 5) is 22.0. The number of aldehydes is 1. The van der Waals surface area contributed by atoms with Crippen LogP contribution in [0.3, 0.4) is 0 Å². The molecule has 0 amide bonds. The number of rotatable bonds is 3. The Labute approximate surface area is 109 Å². The Morgan fingerprint density at radius 2 is 1.83 bits per heavy atom. The highest BCUT2D eigenvalue weighted by Crippen LogP contribution is 2.29. The van der Waals surface area contributed by atoms with Crippen molar-refractivity contribution in [2.75, 3.05) is 0 Å². The molecular weight excluding hydrogens is 252 g/mol. The van der Waals surface area contributed by atoms with Gasteiger partial charge in [0.1, 0.15) is 0 Å². The molecule has 2 aromatic carbocycles. The molecule has 0 saturated heterocycles. The molecule has 1 N–H and O–H groups in total. The highest BCUT2D eigenvalue weighted by atomic mass is 35.5. The van der Waals surface area contributed by atoms with Crippen molar-refractivity contribution >= 4 is 23.9 Å². The molecular formula is C14H9ClO3. The summed E-state index contributed by atoms with van der Waals surface area (Å²) < 4.78 is 0. The van der Waals surface area contributed by atoms with Crippen LogP contribution in [-0.4, -0.2) is 17.4 Å². The highest BCUT2D eigenvalue weighted by molar-refractivity contribution is 6.33. The predicted molar refractivity (Wildman–Crippen MR) is 69.2 cm³/mol. The van der Waals surface area contributed by atoms with Crippen molar-refractivity contribution in [3.05, 3.63) is 58.6 Å². The fourth-order valence-electron chi connectivity index (χ4n) is 1.71. The molecule has 0 radical (unpaired) electrons. The van der Waals surface area contributed by atoms with Gasteiger partial charge in [-0.15, -0.1) is 0 Å². The van der Waals surface area contributed by atoms with Crippen molar-refractivity contribution in [1.82, 2.24) is 0 Å². The molecule has 0 aliphatic carbocycles. The van der Waals surface area contributed by atoms with Crippen LogP contribution in [0.15, 0.2) is 42.5 Å². The van der Waals surface area contributed by atoms with Crippen LogP contribution in [-0.2, 0) is 0 Å². The molecule has 0 spiro atoms. The molecule has 0 fully saturated rings. The molecule has 4 heteroatoms. The molecule has 18 heavy (non-hydrogen) atoms. The van der Waals surface area contributed by atoms with Crippen LogP contribution in [0.5, 0.6) is 0 Å². The van der Waals surface area contributed by atoms with Crippen molar-refractivity contribution in [3.63, 3.8) is 0 Å². The van der Waals surface area contributed by atoms with Gasteiger partial charge in [0, 0.05) is 5.56 Å². The Morgan fingerprint density at radius 1 is 1.17 bits per heavy atom. The highest BCUT2D eigenvalue weighted by Gasteiger charge is 2.15. The largest absolute Gasteiger partial charge is 0.478 e. The smallest absolute Gasteiger partial charge is 0.336 e. The lowest BCUT2D eigenvalue weighted by molar-refractivity contribution is 0.0697. The molecule has 0 bridgehead atoms. The Hall–Kier alpha value is -2.13. The van der Waals surface area contributed by atoms with E-state index < -0.39 is 5.97 Å². The van der Waals surface area contributed by atoms with Crippen LogP contribution in [0.25, 0.3) is 11.1 Å². The first-order chi connectivity index (χ1) is 8.63. The van der Waals surface area contributed by atoms with Gasteiger partial charge in [0.25, 0.3) is 0 Å². The molecule has 3 nitrogen and oxygen atoms in total. The first-order valence-corrected chi connectivity index (χ1v) is 5.58. The minimum Gasteiger partial charge on any atom is -0.478 e. The lowest BCUT2D eigenvalue weighted by Crippen LogP contribution is -2.01. The van der Waals surface area contributed by atoms with Crippen molar-refractivity contribution in [1.29, 1.82) is 0 Å². The molecule has 0 unspecified atom stereocenters. The molecule has 0 atom stereocenters. The molecule has 0 aliphatic heterocycles. The molecule has 0 aliphatic rings. The van der Waals surface area contributed by atoms with Gasteiger partial charge in [0.15, 0.2) is 6.29 Å². The summed E-state index contributed by atoms with van der Waals surface area (Å²) in [6.07, 6.45) is 0.545. The molecule has 0 aromatic heterocycles. The number of carboxylic acid groups (broad SMARTS) is 1. The summed E-state index contributed by atoms with van der Waals surface area (Å²) in [5.74, 6) is -1.09. The van der Waals surface area contributed by atoms with Gasteiger partial charge >= 0.3 is 5.97 Å². The van der Waals surface area contributed by atoms with Gasteiger partial charge < -0.3 is 5.11 Å². The summed E-state index contributed by atoms with van der Waals surface area (Å²) in [5.41, 5.74) is 1.48. The maximum atomic E-state index is 11.2. The third kappa shape index (κ3) is 2.26. The van der Waals surface area contributed by atoms with E-state index in [4.69, 9.17) is 11.6 Å². The summed E-state index contributed by atoms with van der Waals surface area (Å²) in [5, 5.41) is 9.42. The average molecular weight is 261 g/mol. The van der Waals surface area contributed by atoms with Crippen molar-refractivity contribution < 1.29 is 14.7 Å². The van der Waals surface area contributed by atoms with Crippen molar-refractivity contribution in [2.45, 2.75) is 0 Å². The van der Waals surface area contributed by atoms with Crippen LogP contribution >= 0.6 is 11.6 Å². The van der Waals surface area contributed by atoms with E-state index in [1.807, 2.05) is 18.2 Å². The second-order valence-corrected chi connectivity index (χ2v) is 4.12. The van der Waals surface area contributed by atoms with Gasteiger partial charge in [-0.25, -0.2) is 4.79 Å². The van der Waals surface area contributed by atoms with Crippen LogP contribution in [0, 0.1) is 0 Å². The van der Waals surface area contributed by atoms with Gasteiger partial charge in [-0.3, -0.25) is 4.79 Å². The lowest BCUT2D eigenvalue weighted by atomic mass is 9.98. The molecule has 0 heterocycles. The third-order valence-electron chi connectivity index (χ3n) is 2.58. The van der Waals surface area contributed by atoms with Crippen LogP contribution < -0.4 is 0 Å². The number of aromatic carboxylic acids is 1. The van der Waals surface area contributed by atoms with E-state index in [0.717, 1.165) is 5.56 Å². The van der Waals surface area contributed by atoms with E-state index in [1.54, 1.807) is 12.1 Å². The van der Waals surface area contributed by atoms with E-state index in [-0.39, 0.29) is 16.1 Å². The minimum atomic E-state index is -1.09. The van der Waals surface area contributed by atoms with Crippen LogP contribution in [0.2, 0.25) is 5.02 Å². The summed E-state index contributed by atoms with van der Waals surface area (Å²) in [7, 11) is 0. The SMILES string of the molecule is O=Cc1cc(C(=O)O)c(-c2ccccc2)cc1Cl. The van der Waals surface area contributed by atoms with E-state index in [9.17, 15) is 14.7 Å². The maximum Gasteiger partial charge on any atom is 0.336 e. The zero-order chi connectivity index (χ0) is 13.1. The van der Waals surface area contributed by atoms with E-state index in [1.165, 1.54) is 12.1 Å². The molecule has 2 rings (SSSR count). The number of carbonyl (C=O) groups excluding carboxylic acids is 1. The minimum absolute atomic E-state index is 0.0627. The number of hydrogen-bond donors (Lipinski definition) is 1. The standard InChI is InChI=1S/C14H9ClO3/c15-13-7-11(9-4-2-1-3-5-9)12(14(17)18)6-10(13)8-16/h1-8H,(H,17,18). The van der Waals surface area contributed by atoms with Gasteiger partial charge in [-0.1, -0.05) is 41.9 Å². The fourth-order valence-corrected chi connectivity index (χ4v) is 1.92. The zero-order valence-electron chi connectivity index (χ0n) is 9.26. The van der Waals surface area contributed by atoms with Crippen LogP contribution in [0.4, 0.5) is 0 Å². The Morgan fingerprint density at radius 3 is 2.39 bits per heavy atom. The third-order valence-corrected chi connectivity index (χ3v) is 2.91. The van der Waals surface area contributed by atoms with Gasteiger partial charge in [0.2, 0.25) is 0 Å². The zero-order valence-corrected chi connectivity index (χ0v) is 10.0. The second kappa shape index (κ2) is 5.02. The lowest BCUT2D eigenvalue weighted by Gasteiger charge is -2.08. The Bertz CT molecular complexity index is 606. The monoisotopic (exact) mass is 260 g/mol. The number of benzene rings is 2. The Balaban J connectivity index is 2.70. The van der Waals surface area contributed by atoms with E-state index in [2.05, 4.69) is 0 Å². The van der Waals surface area contributed by atoms with Crippen LogP contribution in [0.1, 0.15) is 20.7 Å². The molecule has 2 aromatic rings. The van der Waals surface area contributed by atoms with Gasteiger partial charge in [-0.05, 0) is 23.3 Å². The fraction of sp³-hybridized carbons (Fsp3) is 0. The van der Waals surface area contributed by atoms with Gasteiger partial charge in [0.05, 0.1) is 10.6 Å². The topological polar surface area (TPSA) is 54.4 Å². The number of halogens is 1. The number of hydrogen-bond acceptors (Lipinski definition) is 2. The first kappa shape index (κ1) is 12.3. The maximum absolute atomic E-state index is 11.2. The summed E-state index contributed by atoms with van der Waals surface area (Å²) in [6.45, 7) is 0. The second-order valence-electron chi connectivity index (χ2n) is 3.71. The van der Waals surface area contributed by atoms with Crippen molar-refractivity contribution in [3.8, 4) is 11.1 Å². The molecule has 0 saturated carbocycles.